The molecule has 0 unspecified atom stereocenters. The maximum atomic E-state index is 12.8. The SMILES string of the molecule is Cc1nn(C)c(CC(=O)C2(CN)CCCCCC2)c1Cl. The van der Waals surface area contributed by atoms with E-state index in [-0.39, 0.29) is 11.2 Å². The van der Waals surface area contributed by atoms with E-state index in [1.807, 2.05) is 14.0 Å². The van der Waals surface area contributed by atoms with Crippen LogP contribution in [0.3, 0.4) is 0 Å². The summed E-state index contributed by atoms with van der Waals surface area (Å²) in [5, 5.41) is 4.89. The maximum Gasteiger partial charge on any atom is 0.146 e. The van der Waals surface area contributed by atoms with Gasteiger partial charge < -0.3 is 5.73 Å². The molecule has 1 aromatic rings. The molecule has 0 bridgehead atoms. The van der Waals surface area contributed by atoms with E-state index >= 15 is 0 Å². The zero-order valence-corrected chi connectivity index (χ0v) is 13.2. The molecule has 0 spiro atoms. The summed E-state index contributed by atoms with van der Waals surface area (Å²) in [6, 6.07) is 0. The molecule has 0 aromatic carbocycles. The highest BCUT2D eigenvalue weighted by Gasteiger charge is 2.37. The predicted molar refractivity (Wildman–Crippen MR) is 80.9 cm³/mol. The lowest BCUT2D eigenvalue weighted by molar-refractivity contribution is -0.128. The highest BCUT2D eigenvalue weighted by molar-refractivity contribution is 6.32. The third-order valence-corrected chi connectivity index (χ3v) is 5.12. The second kappa shape index (κ2) is 6.27. The van der Waals surface area contributed by atoms with Crippen molar-refractivity contribution in [2.24, 2.45) is 18.2 Å². The fourth-order valence-electron chi connectivity index (χ4n) is 3.21. The molecule has 0 saturated heterocycles. The first-order valence-corrected chi connectivity index (χ1v) is 7.79. The number of carbonyl (C=O) groups excluding carboxylic acids is 1. The zero-order valence-electron chi connectivity index (χ0n) is 12.4. The van der Waals surface area contributed by atoms with E-state index in [9.17, 15) is 4.79 Å². The second-order valence-electron chi connectivity index (χ2n) is 5.97. The summed E-state index contributed by atoms with van der Waals surface area (Å²) >= 11 is 6.25. The molecule has 5 heteroatoms. The van der Waals surface area contributed by atoms with Crippen LogP contribution in [0, 0.1) is 12.3 Å². The van der Waals surface area contributed by atoms with Crippen molar-refractivity contribution in [1.29, 1.82) is 0 Å². The lowest BCUT2D eigenvalue weighted by atomic mass is 9.75. The van der Waals surface area contributed by atoms with E-state index in [4.69, 9.17) is 17.3 Å². The van der Waals surface area contributed by atoms with Crippen LogP contribution in [0.4, 0.5) is 0 Å². The number of rotatable bonds is 4. The summed E-state index contributed by atoms with van der Waals surface area (Å²) in [7, 11) is 1.84. The van der Waals surface area contributed by atoms with Crippen molar-refractivity contribution in [2.75, 3.05) is 6.54 Å². The van der Waals surface area contributed by atoms with Crippen molar-refractivity contribution in [1.82, 2.24) is 9.78 Å². The molecule has 1 fully saturated rings. The van der Waals surface area contributed by atoms with Crippen LogP contribution in [0.2, 0.25) is 5.02 Å². The molecule has 1 saturated carbocycles. The van der Waals surface area contributed by atoms with Crippen LogP contribution in [0.5, 0.6) is 0 Å². The molecule has 1 aromatic heterocycles. The first-order valence-electron chi connectivity index (χ1n) is 7.41. The van der Waals surface area contributed by atoms with E-state index in [0.29, 0.717) is 18.0 Å². The molecule has 0 atom stereocenters. The predicted octanol–water partition coefficient (Wildman–Crippen LogP) is 2.79. The highest BCUT2D eigenvalue weighted by Crippen LogP contribution is 2.36. The summed E-state index contributed by atoms with van der Waals surface area (Å²) in [5.41, 5.74) is 7.21. The van der Waals surface area contributed by atoms with Crippen LogP contribution < -0.4 is 5.73 Å². The van der Waals surface area contributed by atoms with E-state index in [2.05, 4.69) is 5.10 Å². The van der Waals surface area contributed by atoms with Crippen LogP contribution in [-0.4, -0.2) is 22.1 Å². The van der Waals surface area contributed by atoms with E-state index in [1.54, 1.807) is 4.68 Å². The average molecular weight is 298 g/mol. The third kappa shape index (κ3) is 2.91. The van der Waals surface area contributed by atoms with Gasteiger partial charge in [0.2, 0.25) is 0 Å². The largest absolute Gasteiger partial charge is 0.329 e. The molecule has 1 aliphatic carbocycles. The summed E-state index contributed by atoms with van der Waals surface area (Å²) < 4.78 is 1.72. The monoisotopic (exact) mass is 297 g/mol. The van der Waals surface area contributed by atoms with Crippen LogP contribution in [0.15, 0.2) is 0 Å². The van der Waals surface area contributed by atoms with Gasteiger partial charge >= 0.3 is 0 Å². The van der Waals surface area contributed by atoms with E-state index in [1.165, 1.54) is 12.8 Å². The summed E-state index contributed by atoms with van der Waals surface area (Å²) in [6.07, 6.45) is 6.78. The van der Waals surface area contributed by atoms with Gasteiger partial charge in [0.1, 0.15) is 5.78 Å². The number of ketones is 1. The zero-order chi connectivity index (χ0) is 14.8. The Hall–Kier alpha value is -0.870. The van der Waals surface area contributed by atoms with Crippen molar-refractivity contribution in [3.8, 4) is 0 Å². The number of Topliss-reactive ketones (excluding diaryl/α,β-unsaturated/α-hetero) is 1. The van der Waals surface area contributed by atoms with Gasteiger partial charge in [-0.2, -0.15) is 5.10 Å². The minimum atomic E-state index is -0.349. The number of nitrogens with zero attached hydrogens (tertiary/aromatic N) is 2. The summed E-state index contributed by atoms with van der Waals surface area (Å²) in [6.45, 7) is 2.31. The van der Waals surface area contributed by atoms with Crippen molar-refractivity contribution in [3.05, 3.63) is 16.4 Å². The fourth-order valence-corrected chi connectivity index (χ4v) is 3.44. The third-order valence-electron chi connectivity index (χ3n) is 4.63. The van der Waals surface area contributed by atoms with Crippen LogP contribution in [-0.2, 0) is 18.3 Å². The topological polar surface area (TPSA) is 60.9 Å². The lowest BCUT2D eigenvalue weighted by Crippen LogP contribution is -2.39. The Balaban J connectivity index is 2.20. The van der Waals surface area contributed by atoms with Crippen molar-refractivity contribution in [2.45, 2.75) is 51.9 Å². The smallest absolute Gasteiger partial charge is 0.146 e. The number of nitrogens with two attached hydrogens (primary N) is 1. The van der Waals surface area contributed by atoms with Gasteiger partial charge in [0.05, 0.1) is 22.8 Å². The van der Waals surface area contributed by atoms with Gasteiger partial charge in [-0.3, -0.25) is 9.48 Å². The van der Waals surface area contributed by atoms with Gasteiger partial charge in [-0.15, -0.1) is 0 Å². The van der Waals surface area contributed by atoms with Crippen LogP contribution >= 0.6 is 11.6 Å². The first-order chi connectivity index (χ1) is 9.50. The Bertz CT molecular complexity index is 488. The number of hydrogen-bond acceptors (Lipinski definition) is 3. The Labute approximate surface area is 125 Å². The van der Waals surface area contributed by atoms with Gasteiger partial charge in [0, 0.05) is 19.0 Å². The highest BCUT2D eigenvalue weighted by atomic mass is 35.5. The van der Waals surface area contributed by atoms with Gasteiger partial charge in [0.25, 0.3) is 0 Å². The molecule has 0 radical (unpaired) electrons. The Morgan fingerprint density at radius 3 is 2.40 bits per heavy atom. The molecular weight excluding hydrogens is 274 g/mol. The molecule has 0 amide bonds. The fraction of sp³-hybridized carbons (Fsp3) is 0.733. The molecule has 20 heavy (non-hydrogen) atoms. The molecule has 2 rings (SSSR count). The number of halogens is 1. The average Bonchev–Trinajstić information content (AvgIpc) is 2.66. The molecule has 1 aliphatic rings. The number of aromatic nitrogens is 2. The molecular formula is C15H24ClN3O. The van der Waals surface area contributed by atoms with Crippen LogP contribution in [0.25, 0.3) is 0 Å². The molecule has 4 nitrogen and oxygen atoms in total. The number of aryl methyl sites for hydroxylation is 2. The maximum absolute atomic E-state index is 12.8. The minimum absolute atomic E-state index is 0.229. The molecule has 112 valence electrons. The Morgan fingerprint density at radius 2 is 1.95 bits per heavy atom. The second-order valence-corrected chi connectivity index (χ2v) is 6.35. The normalized spacial score (nSPS) is 18.8. The van der Waals surface area contributed by atoms with E-state index in [0.717, 1.165) is 37.1 Å². The van der Waals surface area contributed by atoms with Crippen molar-refractivity contribution < 1.29 is 4.79 Å². The summed E-state index contributed by atoms with van der Waals surface area (Å²) in [4.78, 5) is 12.8. The van der Waals surface area contributed by atoms with Crippen LogP contribution in [0.1, 0.15) is 49.9 Å². The molecule has 2 N–H and O–H groups in total. The van der Waals surface area contributed by atoms with Gasteiger partial charge in [-0.05, 0) is 19.8 Å². The lowest BCUT2D eigenvalue weighted by Gasteiger charge is -2.29. The number of carbonyl (C=O) groups is 1. The first kappa shape index (κ1) is 15.5. The van der Waals surface area contributed by atoms with Gasteiger partial charge in [-0.1, -0.05) is 37.3 Å². The Kier molecular flexibility index (Phi) is 4.86. The molecule has 0 aliphatic heterocycles. The molecule has 1 heterocycles. The standard InChI is InChI=1S/C15H24ClN3O/c1-11-14(16)12(19(2)18-11)9-13(20)15(10-17)7-5-3-4-6-8-15/h3-10,17H2,1-2H3. The van der Waals surface area contributed by atoms with Gasteiger partial charge in [-0.25, -0.2) is 0 Å². The number of hydrogen-bond donors (Lipinski definition) is 1. The van der Waals surface area contributed by atoms with Crippen molar-refractivity contribution in [3.63, 3.8) is 0 Å². The summed E-state index contributed by atoms with van der Waals surface area (Å²) in [5.74, 6) is 0.229. The van der Waals surface area contributed by atoms with E-state index < -0.39 is 0 Å². The van der Waals surface area contributed by atoms with Crippen molar-refractivity contribution >= 4 is 17.4 Å². The minimum Gasteiger partial charge on any atom is -0.329 e. The van der Waals surface area contributed by atoms with Gasteiger partial charge in [0.15, 0.2) is 0 Å². The quantitative estimate of drug-likeness (QED) is 0.869. The Morgan fingerprint density at radius 1 is 1.35 bits per heavy atom.